The van der Waals surface area contributed by atoms with Gasteiger partial charge in [0.25, 0.3) is 0 Å². The smallest absolute Gasteiger partial charge is 0.245 e. The van der Waals surface area contributed by atoms with Crippen molar-refractivity contribution in [2.24, 2.45) is 0 Å². The van der Waals surface area contributed by atoms with Gasteiger partial charge in [-0.25, -0.2) is 0 Å². The molecule has 1 heterocycles. The highest BCUT2D eigenvalue weighted by Crippen LogP contribution is 2.24. The van der Waals surface area contributed by atoms with Gasteiger partial charge in [0.1, 0.15) is 6.04 Å². The fraction of sp³-hybridized carbons (Fsp3) is 0.462. The maximum Gasteiger partial charge on any atom is 0.245 e. The van der Waals surface area contributed by atoms with Crippen molar-refractivity contribution in [1.29, 1.82) is 0 Å². The molecule has 18 heavy (non-hydrogen) atoms. The van der Waals surface area contributed by atoms with Crippen molar-refractivity contribution in [2.45, 2.75) is 12.5 Å². The summed E-state index contributed by atoms with van der Waals surface area (Å²) in [5, 5.41) is 9.79. The molecule has 1 N–H and O–H groups in total. The monoisotopic (exact) mass is 268 g/mol. The Morgan fingerprint density at radius 1 is 1.33 bits per heavy atom. The molecule has 1 aromatic carbocycles. The third kappa shape index (κ3) is 2.60. The summed E-state index contributed by atoms with van der Waals surface area (Å²) in [5.74, 6) is 0.0604. The number of likely N-dealkylation sites (N-methyl/N-ethyl adjacent to an activating group) is 1. The summed E-state index contributed by atoms with van der Waals surface area (Å²) in [5.41, 5.74) is 0.972. The Kier molecular flexibility index (Phi) is 4.09. The minimum atomic E-state index is -0.282. The number of nitrogens with zero attached hydrogens (tertiary/aromatic N) is 2. The molecule has 5 heteroatoms. The molecular formula is C13H17ClN2O2. The number of hydrogen-bond donors (Lipinski definition) is 1. The van der Waals surface area contributed by atoms with E-state index >= 15 is 0 Å². The van der Waals surface area contributed by atoms with Crippen molar-refractivity contribution in [2.75, 3.05) is 31.6 Å². The van der Waals surface area contributed by atoms with Crippen molar-refractivity contribution in [3.8, 4) is 0 Å². The molecule has 98 valence electrons. The predicted octanol–water partition coefficient (Wildman–Crippen LogP) is 1.37. The van der Waals surface area contributed by atoms with Gasteiger partial charge in [-0.3, -0.25) is 4.79 Å². The van der Waals surface area contributed by atoms with Crippen LogP contribution in [0.25, 0.3) is 0 Å². The Balaban J connectivity index is 2.24. The largest absolute Gasteiger partial charge is 0.396 e. The topological polar surface area (TPSA) is 43.8 Å². The Hall–Kier alpha value is -1.26. The number of amides is 1. The number of halogens is 1. The van der Waals surface area contributed by atoms with Gasteiger partial charge < -0.3 is 14.9 Å². The molecule has 0 bridgehead atoms. The molecule has 1 atom stereocenters. The first-order valence-electron chi connectivity index (χ1n) is 6.01. The lowest BCUT2D eigenvalue weighted by Crippen LogP contribution is -2.56. The highest BCUT2D eigenvalue weighted by atomic mass is 35.5. The van der Waals surface area contributed by atoms with Crippen LogP contribution >= 0.6 is 11.6 Å². The molecule has 4 nitrogen and oxygen atoms in total. The van der Waals surface area contributed by atoms with E-state index in [1.54, 1.807) is 11.9 Å². The number of piperazine rings is 1. The molecule has 1 aliphatic heterocycles. The van der Waals surface area contributed by atoms with E-state index in [1.165, 1.54) is 0 Å². The minimum absolute atomic E-state index is 0.00827. The van der Waals surface area contributed by atoms with E-state index in [2.05, 4.69) is 0 Å². The van der Waals surface area contributed by atoms with Crippen molar-refractivity contribution in [1.82, 2.24) is 4.90 Å². The molecule has 2 rings (SSSR count). The van der Waals surface area contributed by atoms with Crippen LogP contribution in [0.1, 0.15) is 6.42 Å². The second kappa shape index (κ2) is 5.59. The number of aliphatic hydroxyl groups excluding tert-OH is 1. The summed E-state index contributed by atoms with van der Waals surface area (Å²) < 4.78 is 0. The molecule has 1 amide bonds. The second-order valence-corrected chi connectivity index (χ2v) is 4.89. The Morgan fingerprint density at radius 3 is 2.61 bits per heavy atom. The minimum Gasteiger partial charge on any atom is -0.396 e. The van der Waals surface area contributed by atoms with Gasteiger partial charge in [0.15, 0.2) is 0 Å². The van der Waals surface area contributed by atoms with E-state index in [4.69, 9.17) is 16.7 Å². The molecule has 0 aromatic heterocycles. The van der Waals surface area contributed by atoms with Crippen LogP contribution in [0, 0.1) is 0 Å². The van der Waals surface area contributed by atoms with Crippen LogP contribution in [-0.2, 0) is 4.79 Å². The normalized spacial score (nSPS) is 20.4. The summed E-state index contributed by atoms with van der Waals surface area (Å²) >= 11 is 5.87. The summed E-state index contributed by atoms with van der Waals surface area (Å²) in [4.78, 5) is 15.9. The maximum atomic E-state index is 12.1. The van der Waals surface area contributed by atoms with Crippen molar-refractivity contribution < 1.29 is 9.90 Å². The lowest BCUT2D eigenvalue weighted by Gasteiger charge is -2.40. The summed E-state index contributed by atoms with van der Waals surface area (Å²) in [7, 11) is 1.80. The van der Waals surface area contributed by atoms with Gasteiger partial charge in [-0.2, -0.15) is 0 Å². The fourth-order valence-electron chi connectivity index (χ4n) is 2.25. The van der Waals surface area contributed by atoms with Crippen molar-refractivity contribution in [3.63, 3.8) is 0 Å². The SMILES string of the molecule is CN1CCN(c2ccc(Cl)cc2)C(CCO)C1=O. The first kappa shape index (κ1) is 13.2. The molecule has 1 aliphatic rings. The molecule has 1 unspecified atom stereocenters. The van der Waals surface area contributed by atoms with Gasteiger partial charge >= 0.3 is 0 Å². The number of carbonyl (C=O) groups excluding carboxylic acids is 1. The van der Waals surface area contributed by atoms with Gasteiger partial charge in [-0.15, -0.1) is 0 Å². The molecular weight excluding hydrogens is 252 g/mol. The third-order valence-electron chi connectivity index (χ3n) is 3.27. The molecule has 0 saturated carbocycles. The average Bonchev–Trinajstić information content (AvgIpc) is 2.37. The van der Waals surface area contributed by atoms with Crippen molar-refractivity contribution in [3.05, 3.63) is 29.3 Å². The van der Waals surface area contributed by atoms with Gasteiger partial charge in [0.05, 0.1) is 0 Å². The maximum absolute atomic E-state index is 12.1. The number of anilines is 1. The molecule has 0 spiro atoms. The van der Waals surface area contributed by atoms with E-state index < -0.39 is 0 Å². The standard InChI is InChI=1S/C13H17ClN2O2/c1-15-7-8-16(12(6-9-17)13(15)18)11-4-2-10(14)3-5-11/h2-5,12,17H,6-9H2,1H3. The Morgan fingerprint density at radius 2 is 2.00 bits per heavy atom. The highest BCUT2D eigenvalue weighted by molar-refractivity contribution is 6.30. The summed E-state index contributed by atoms with van der Waals surface area (Å²) in [6, 6.07) is 7.16. The Labute approximate surface area is 112 Å². The van der Waals surface area contributed by atoms with Crippen LogP contribution in [0.2, 0.25) is 5.02 Å². The number of hydrogen-bond acceptors (Lipinski definition) is 3. The fourth-order valence-corrected chi connectivity index (χ4v) is 2.38. The lowest BCUT2D eigenvalue weighted by molar-refractivity contribution is -0.133. The third-order valence-corrected chi connectivity index (χ3v) is 3.53. The lowest BCUT2D eigenvalue weighted by atomic mass is 10.1. The number of rotatable bonds is 3. The van der Waals surface area contributed by atoms with Crippen LogP contribution in [0.15, 0.2) is 24.3 Å². The van der Waals surface area contributed by atoms with Crippen LogP contribution in [0.3, 0.4) is 0 Å². The first-order valence-corrected chi connectivity index (χ1v) is 6.39. The van der Waals surface area contributed by atoms with Gasteiger partial charge in [-0.1, -0.05) is 11.6 Å². The average molecular weight is 269 g/mol. The van der Waals surface area contributed by atoms with E-state index in [0.717, 1.165) is 12.2 Å². The van der Waals surface area contributed by atoms with Crippen LogP contribution in [0.5, 0.6) is 0 Å². The predicted molar refractivity (Wildman–Crippen MR) is 71.9 cm³/mol. The Bertz CT molecular complexity index is 422. The van der Waals surface area contributed by atoms with E-state index in [0.29, 0.717) is 18.0 Å². The van der Waals surface area contributed by atoms with Crippen LogP contribution < -0.4 is 4.90 Å². The zero-order valence-corrected chi connectivity index (χ0v) is 11.1. The van der Waals surface area contributed by atoms with Crippen LogP contribution in [0.4, 0.5) is 5.69 Å². The first-order chi connectivity index (χ1) is 8.63. The van der Waals surface area contributed by atoms with E-state index in [-0.39, 0.29) is 18.6 Å². The van der Waals surface area contributed by atoms with E-state index in [9.17, 15) is 4.79 Å². The van der Waals surface area contributed by atoms with Gasteiger partial charge in [0.2, 0.25) is 5.91 Å². The van der Waals surface area contributed by atoms with Gasteiger partial charge in [-0.05, 0) is 30.7 Å². The number of carbonyl (C=O) groups is 1. The zero-order valence-electron chi connectivity index (χ0n) is 10.3. The number of benzene rings is 1. The molecule has 0 radical (unpaired) electrons. The molecule has 1 aromatic rings. The quantitative estimate of drug-likeness (QED) is 0.901. The molecule has 1 fully saturated rings. The number of aliphatic hydroxyl groups is 1. The van der Waals surface area contributed by atoms with Gasteiger partial charge in [0, 0.05) is 37.5 Å². The highest BCUT2D eigenvalue weighted by Gasteiger charge is 2.32. The molecule has 0 aliphatic carbocycles. The second-order valence-electron chi connectivity index (χ2n) is 4.46. The van der Waals surface area contributed by atoms with Crippen LogP contribution in [-0.4, -0.2) is 48.7 Å². The van der Waals surface area contributed by atoms with Crippen molar-refractivity contribution >= 4 is 23.2 Å². The molecule has 1 saturated heterocycles. The van der Waals surface area contributed by atoms with E-state index in [1.807, 2.05) is 29.2 Å². The summed E-state index contributed by atoms with van der Waals surface area (Å²) in [6.07, 6.45) is 0.450. The zero-order chi connectivity index (χ0) is 13.1. The summed E-state index contributed by atoms with van der Waals surface area (Å²) in [6.45, 7) is 1.48.